The summed E-state index contributed by atoms with van der Waals surface area (Å²) in [6.07, 6.45) is 0.211. The molecule has 1 unspecified atom stereocenters. The molecule has 0 aliphatic carbocycles. The molecular formula is C23H30N2O4. The van der Waals surface area contributed by atoms with E-state index >= 15 is 0 Å². The fraction of sp³-hybridized carbons (Fsp3) is 0.391. The van der Waals surface area contributed by atoms with Crippen LogP contribution in [-0.2, 0) is 4.79 Å². The summed E-state index contributed by atoms with van der Waals surface area (Å²) in [4.78, 5) is 24.5. The molecule has 29 heavy (non-hydrogen) atoms. The molecular weight excluding hydrogens is 368 g/mol. The summed E-state index contributed by atoms with van der Waals surface area (Å²) < 4.78 is 11.4. The third kappa shape index (κ3) is 6.82. The van der Waals surface area contributed by atoms with E-state index in [1.807, 2.05) is 32.0 Å². The third-order valence-corrected chi connectivity index (χ3v) is 4.45. The van der Waals surface area contributed by atoms with Gasteiger partial charge in [-0.1, -0.05) is 32.0 Å². The predicted molar refractivity (Wildman–Crippen MR) is 113 cm³/mol. The van der Waals surface area contributed by atoms with E-state index in [0.717, 1.165) is 17.5 Å². The molecule has 0 radical (unpaired) electrons. The van der Waals surface area contributed by atoms with E-state index in [9.17, 15) is 9.59 Å². The van der Waals surface area contributed by atoms with Crippen LogP contribution in [0.2, 0.25) is 0 Å². The Bertz CT molecular complexity index is 811. The van der Waals surface area contributed by atoms with Crippen LogP contribution >= 0.6 is 0 Å². The summed E-state index contributed by atoms with van der Waals surface area (Å²) in [6.45, 7) is 10.4. The number of hydrogen-bond acceptors (Lipinski definition) is 4. The Morgan fingerprint density at radius 2 is 1.55 bits per heavy atom. The Morgan fingerprint density at radius 3 is 2.14 bits per heavy atom. The highest BCUT2D eigenvalue weighted by atomic mass is 16.5. The largest absolute Gasteiger partial charge is 0.494 e. The molecule has 2 aromatic rings. The van der Waals surface area contributed by atoms with E-state index in [1.54, 1.807) is 31.2 Å². The Labute approximate surface area is 172 Å². The van der Waals surface area contributed by atoms with Gasteiger partial charge in [-0.05, 0) is 68.5 Å². The number of carbonyl (C=O) groups is 2. The Kier molecular flexibility index (Phi) is 8.07. The average Bonchev–Trinajstić information content (AvgIpc) is 2.68. The van der Waals surface area contributed by atoms with Gasteiger partial charge >= 0.3 is 0 Å². The molecule has 2 N–H and O–H groups in total. The molecule has 0 aliphatic rings. The molecule has 6 nitrogen and oxygen atoms in total. The first kappa shape index (κ1) is 22.3. The fourth-order valence-corrected chi connectivity index (χ4v) is 2.62. The van der Waals surface area contributed by atoms with Gasteiger partial charge < -0.3 is 9.47 Å². The first-order valence-corrected chi connectivity index (χ1v) is 9.84. The quantitative estimate of drug-likeness (QED) is 0.660. The maximum Gasteiger partial charge on any atom is 0.279 e. The topological polar surface area (TPSA) is 76.7 Å². The highest BCUT2D eigenvalue weighted by Gasteiger charge is 2.17. The molecule has 1 atom stereocenters. The summed E-state index contributed by atoms with van der Waals surface area (Å²) in [5, 5.41) is 0. The number of hydrogen-bond donors (Lipinski definition) is 2. The lowest BCUT2D eigenvalue weighted by atomic mass is 10.1. The van der Waals surface area contributed by atoms with Crippen LogP contribution in [0.4, 0.5) is 0 Å². The highest BCUT2D eigenvalue weighted by Crippen LogP contribution is 2.23. The van der Waals surface area contributed by atoms with E-state index in [4.69, 9.17) is 9.47 Å². The monoisotopic (exact) mass is 398 g/mol. The predicted octanol–water partition coefficient (Wildman–Crippen LogP) is 3.96. The molecule has 6 heteroatoms. The number of amides is 2. The normalized spacial score (nSPS) is 11.7. The van der Waals surface area contributed by atoms with Crippen LogP contribution in [-0.4, -0.2) is 24.5 Å². The molecule has 0 spiro atoms. The van der Waals surface area contributed by atoms with Crippen LogP contribution in [0.15, 0.2) is 42.5 Å². The fourth-order valence-electron chi connectivity index (χ4n) is 2.62. The molecule has 2 amide bonds. The van der Waals surface area contributed by atoms with E-state index < -0.39 is 17.9 Å². The molecule has 0 bridgehead atoms. The first-order valence-electron chi connectivity index (χ1n) is 9.84. The van der Waals surface area contributed by atoms with Crippen molar-refractivity contribution in [1.82, 2.24) is 10.9 Å². The number of aryl methyl sites for hydroxylation is 2. The van der Waals surface area contributed by atoms with Crippen molar-refractivity contribution in [3.8, 4) is 11.5 Å². The zero-order valence-corrected chi connectivity index (χ0v) is 17.7. The molecule has 0 fully saturated rings. The minimum Gasteiger partial charge on any atom is -0.494 e. The molecule has 2 rings (SSSR count). The minimum absolute atomic E-state index is 0.411. The van der Waals surface area contributed by atoms with Crippen LogP contribution in [0.3, 0.4) is 0 Å². The average molecular weight is 399 g/mol. The van der Waals surface area contributed by atoms with Gasteiger partial charge in [0.25, 0.3) is 11.8 Å². The zero-order valence-electron chi connectivity index (χ0n) is 17.7. The van der Waals surface area contributed by atoms with Gasteiger partial charge in [0.15, 0.2) is 6.10 Å². The van der Waals surface area contributed by atoms with Gasteiger partial charge in [-0.15, -0.1) is 0 Å². The molecule has 156 valence electrons. The second-order valence-electron chi connectivity index (χ2n) is 7.48. The van der Waals surface area contributed by atoms with Gasteiger partial charge in [-0.2, -0.15) is 0 Å². The van der Waals surface area contributed by atoms with Gasteiger partial charge in [0.1, 0.15) is 11.5 Å². The molecule has 0 saturated heterocycles. The van der Waals surface area contributed by atoms with Crippen molar-refractivity contribution in [2.75, 3.05) is 6.61 Å². The molecule has 2 aromatic carbocycles. The standard InChI is InChI=1S/C23H30N2O4/c1-15(2)13-14-28-20-11-9-19(10-12-20)23(27)25-24-22(26)18(5)29-21-16(3)7-6-8-17(21)4/h6-12,15,18H,13-14H2,1-5H3,(H,24,26)(H,25,27). The van der Waals surface area contributed by atoms with Crippen molar-refractivity contribution >= 4 is 11.8 Å². The number of carbonyl (C=O) groups excluding carboxylic acids is 2. The van der Waals surface area contributed by atoms with Crippen LogP contribution < -0.4 is 20.3 Å². The number of hydrazine groups is 1. The lowest BCUT2D eigenvalue weighted by molar-refractivity contribution is -0.128. The van der Waals surface area contributed by atoms with Gasteiger partial charge in [-0.25, -0.2) is 0 Å². The van der Waals surface area contributed by atoms with Crippen LogP contribution in [0.25, 0.3) is 0 Å². The lowest BCUT2D eigenvalue weighted by Crippen LogP contribution is -2.47. The number of ether oxygens (including phenoxy) is 2. The van der Waals surface area contributed by atoms with Crippen molar-refractivity contribution in [2.45, 2.75) is 47.1 Å². The maximum atomic E-state index is 12.3. The second kappa shape index (κ2) is 10.5. The second-order valence-corrected chi connectivity index (χ2v) is 7.48. The molecule has 0 aliphatic heterocycles. The van der Waals surface area contributed by atoms with Crippen molar-refractivity contribution < 1.29 is 19.1 Å². The van der Waals surface area contributed by atoms with E-state index in [2.05, 4.69) is 24.7 Å². The van der Waals surface area contributed by atoms with Crippen LogP contribution in [0, 0.1) is 19.8 Å². The number of nitrogens with one attached hydrogen (secondary N) is 2. The third-order valence-electron chi connectivity index (χ3n) is 4.45. The Hall–Kier alpha value is -3.02. The minimum atomic E-state index is -0.758. The SMILES string of the molecule is Cc1cccc(C)c1OC(C)C(=O)NNC(=O)c1ccc(OCCC(C)C)cc1. The van der Waals surface area contributed by atoms with Crippen LogP contribution in [0.1, 0.15) is 48.7 Å². The van der Waals surface area contributed by atoms with Crippen LogP contribution in [0.5, 0.6) is 11.5 Å². The van der Waals surface area contributed by atoms with Crippen molar-refractivity contribution in [2.24, 2.45) is 5.92 Å². The van der Waals surface area contributed by atoms with Crippen molar-refractivity contribution in [3.05, 3.63) is 59.2 Å². The summed E-state index contributed by atoms with van der Waals surface area (Å²) >= 11 is 0. The lowest BCUT2D eigenvalue weighted by Gasteiger charge is -2.18. The first-order chi connectivity index (χ1) is 13.8. The van der Waals surface area contributed by atoms with E-state index in [-0.39, 0.29) is 0 Å². The molecule has 0 heterocycles. The smallest absolute Gasteiger partial charge is 0.279 e. The highest BCUT2D eigenvalue weighted by molar-refractivity contribution is 5.95. The number of benzene rings is 2. The van der Waals surface area contributed by atoms with Crippen molar-refractivity contribution in [1.29, 1.82) is 0 Å². The summed E-state index contributed by atoms with van der Waals surface area (Å²) in [5.41, 5.74) is 7.14. The van der Waals surface area contributed by atoms with E-state index in [0.29, 0.717) is 29.6 Å². The van der Waals surface area contributed by atoms with Crippen molar-refractivity contribution in [3.63, 3.8) is 0 Å². The van der Waals surface area contributed by atoms with Gasteiger partial charge in [0, 0.05) is 5.56 Å². The summed E-state index contributed by atoms with van der Waals surface area (Å²) in [7, 11) is 0. The maximum absolute atomic E-state index is 12.3. The molecule has 0 saturated carbocycles. The number of para-hydroxylation sites is 1. The zero-order chi connectivity index (χ0) is 21.4. The summed E-state index contributed by atoms with van der Waals surface area (Å²) in [5.74, 6) is 1.11. The van der Waals surface area contributed by atoms with Gasteiger partial charge in [0.2, 0.25) is 0 Å². The summed E-state index contributed by atoms with van der Waals surface area (Å²) in [6, 6.07) is 12.6. The molecule has 0 aromatic heterocycles. The van der Waals surface area contributed by atoms with Gasteiger partial charge in [0.05, 0.1) is 6.61 Å². The number of rotatable bonds is 8. The Balaban J connectivity index is 1.84. The Morgan fingerprint density at radius 1 is 0.931 bits per heavy atom. The van der Waals surface area contributed by atoms with Gasteiger partial charge in [-0.3, -0.25) is 20.4 Å². The van der Waals surface area contributed by atoms with E-state index in [1.165, 1.54) is 0 Å².